The van der Waals surface area contributed by atoms with Crippen molar-refractivity contribution < 1.29 is 9.30 Å². The van der Waals surface area contributed by atoms with Gasteiger partial charge < -0.3 is 10.5 Å². The highest BCUT2D eigenvalue weighted by molar-refractivity contribution is 5.26. The van der Waals surface area contributed by atoms with Crippen molar-refractivity contribution in [2.24, 2.45) is 12.8 Å². The molecule has 0 radical (unpaired) electrons. The predicted molar refractivity (Wildman–Crippen MR) is 52.9 cm³/mol. The van der Waals surface area contributed by atoms with E-state index in [0.29, 0.717) is 5.88 Å². The van der Waals surface area contributed by atoms with E-state index in [1.807, 2.05) is 36.0 Å². The Hall–Kier alpha value is -1.77. The first-order chi connectivity index (χ1) is 6.75. The average Bonchev–Trinajstić information content (AvgIpc) is 2.18. The van der Waals surface area contributed by atoms with Crippen LogP contribution in [0.1, 0.15) is 11.5 Å². The van der Waals surface area contributed by atoms with E-state index in [9.17, 15) is 0 Å². The second-order valence-corrected chi connectivity index (χ2v) is 3.34. The molecule has 1 aliphatic rings. The van der Waals surface area contributed by atoms with Crippen LogP contribution in [-0.2, 0) is 11.8 Å². The van der Waals surface area contributed by atoms with Crippen LogP contribution < -0.4 is 10.3 Å². The quantitative estimate of drug-likeness (QED) is 0.668. The molecule has 0 aromatic carbocycles. The molecule has 2 heterocycles. The Bertz CT molecular complexity index is 396. The molecule has 1 atom stereocenters. The summed E-state index contributed by atoms with van der Waals surface area (Å²) in [5, 5.41) is 0. The third-order valence-corrected chi connectivity index (χ3v) is 2.18. The van der Waals surface area contributed by atoms with Gasteiger partial charge in [0.15, 0.2) is 18.3 Å². The number of nitrogens with zero attached hydrogens (tertiary/aromatic N) is 1. The lowest BCUT2D eigenvalue weighted by Gasteiger charge is -2.12. The normalized spacial score (nSPS) is 20.1. The minimum absolute atomic E-state index is 0.219. The van der Waals surface area contributed by atoms with E-state index < -0.39 is 0 Å². The first-order valence-corrected chi connectivity index (χ1v) is 4.51. The van der Waals surface area contributed by atoms with Crippen molar-refractivity contribution in [3.05, 3.63) is 54.4 Å². The van der Waals surface area contributed by atoms with Crippen LogP contribution in [0.15, 0.2) is 48.8 Å². The lowest BCUT2D eigenvalue weighted by atomic mass is 10.00. The van der Waals surface area contributed by atoms with E-state index in [-0.39, 0.29) is 5.92 Å². The molecule has 0 saturated heterocycles. The smallest absolute Gasteiger partial charge is 0.186 e. The van der Waals surface area contributed by atoms with Gasteiger partial charge >= 0.3 is 0 Å². The number of rotatable bonds is 1. The molecule has 0 aliphatic carbocycles. The van der Waals surface area contributed by atoms with Crippen molar-refractivity contribution in [3.63, 3.8) is 0 Å². The van der Waals surface area contributed by atoms with Crippen LogP contribution in [0, 0.1) is 0 Å². The number of aryl methyl sites for hydroxylation is 1. The Labute approximate surface area is 83.1 Å². The van der Waals surface area contributed by atoms with Gasteiger partial charge in [0.25, 0.3) is 0 Å². The zero-order valence-electron chi connectivity index (χ0n) is 8.05. The number of pyridine rings is 1. The molecule has 2 rings (SSSR count). The van der Waals surface area contributed by atoms with E-state index in [1.54, 1.807) is 6.26 Å². The number of nitrogens with two attached hydrogens (primary N) is 1. The van der Waals surface area contributed by atoms with Crippen LogP contribution in [0.25, 0.3) is 0 Å². The zero-order chi connectivity index (χ0) is 9.97. The molecule has 1 unspecified atom stereocenters. The zero-order valence-corrected chi connectivity index (χ0v) is 8.05. The molecule has 1 aliphatic heterocycles. The largest absolute Gasteiger partial charge is 0.450 e. The van der Waals surface area contributed by atoms with E-state index >= 15 is 0 Å². The van der Waals surface area contributed by atoms with E-state index in [2.05, 4.69) is 12.3 Å². The van der Waals surface area contributed by atoms with Crippen molar-refractivity contribution in [3.8, 4) is 0 Å². The third-order valence-electron chi connectivity index (χ3n) is 2.18. The van der Waals surface area contributed by atoms with Crippen LogP contribution in [0.2, 0.25) is 0 Å². The molecule has 0 bridgehead atoms. The van der Waals surface area contributed by atoms with E-state index in [4.69, 9.17) is 10.5 Å². The first-order valence-electron chi connectivity index (χ1n) is 4.51. The van der Waals surface area contributed by atoms with Crippen molar-refractivity contribution >= 4 is 0 Å². The molecule has 2 N–H and O–H groups in total. The maximum atomic E-state index is 5.58. The predicted octanol–water partition coefficient (Wildman–Crippen LogP) is 0.939. The summed E-state index contributed by atoms with van der Waals surface area (Å²) in [6.45, 7) is 0. The second kappa shape index (κ2) is 3.54. The highest BCUT2D eigenvalue weighted by Gasteiger charge is 2.12. The summed E-state index contributed by atoms with van der Waals surface area (Å²) in [4.78, 5) is 0. The molecule has 3 heteroatoms. The Balaban J connectivity index is 2.31. The molecule has 14 heavy (non-hydrogen) atoms. The minimum Gasteiger partial charge on any atom is -0.450 e. The fourth-order valence-corrected chi connectivity index (χ4v) is 1.49. The summed E-state index contributed by atoms with van der Waals surface area (Å²) >= 11 is 0. The molecular formula is C11H13N2O+. The fraction of sp³-hybridized carbons (Fsp3) is 0.182. The van der Waals surface area contributed by atoms with Crippen molar-refractivity contribution in [2.45, 2.75) is 5.92 Å². The van der Waals surface area contributed by atoms with Gasteiger partial charge in [-0.2, -0.15) is 0 Å². The van der Waals surface area contributed by atoms with Gasteiger partial charge in [-0.1, -0.05) is 0 Å². The third kappa shape index (κ3) is 1.76. The molecule has 72 valence electrons. The van der Waals surface area contributed by atoms with Gasteiger partial charge in [0.05, 0.1) is 6.26 Å². The lowest BCUT2D eigenvalue weighted by Crippen LogP contribution is -2.27. The summed E-state index contributed by atoms with van der Waals surface area (Å²) in [6.07, 6.45) is 9.58. The Morgan fingerprint density at radius 3 is 3.07 bits per heavy atom. The number of hydrogen-bond donors (Lipinski definition) is 1. The van der Waals surface area contributed by atoms with Crippen LogP contribution >= 0.6 is 0 Å². The molecule has 1 aromatic rings. The SMILES string of the molecule is C[n+]1cccc(C2C=COC(N)=C2)c1. The summed E-state index contributed by atoms with van der Waals surface area (Å²) in [5.74, 6) is 0.681. The van der Waals surface area contributed by atoms with E-state index in [0.717, 1.165) is 0 Å². The van der Waals surface area contributed by atoms with Gasteiger partial charge in [-0.15, -0.1) is 0 Å². The Morgan fingerprint density at radius 1 is 1.50 bits per heavy atom. The van der Waals surface area contributed by atoms with Gasteiger partial charge in [0.2, 0.25) is 0 Å². The Kier molecular flexibility index (Phi) is 2.23. The molecule has 1 aromatic heterocycles. The number of allylic oxidation sites excluding steroid dienone is 2. The molecule has 3 nitrogen and oxygen atoms in total. The first kappa shape index (κ1) is 8.81. The molecule has 0 spiro atoms. The summed E-state index contributed by atoms with van der Waals surface area (Å²) in [7, 11) is 2.00. The van der Waals surface area contributed by atoms with Gasteiger partial charge in [0.1, 0.15) is 7.05 Å². The second-order valence-electron chi connectivity index (χ2n) is 3.34. The fourth-order valence-electron chi connectivity index (χ4n) is 1.49. The summed E-state index contributed by atoms with van der Waals surface area (Å²) in [6, 6.07) is 4.09. The van der Waals surface area contributed by atoms with Gasteiger partial charge in [-0.05, 0) is 18.2 Å². The van der Waals surface area contributed by atoms with E-state index in [1.165, 1.54) is 5.56 Å². The van der Waals surface area contributed by atoms with Crippen LogP contribution in [-0.4, -0.2) is 0 Å². The van der Waals surface area contributed by atoms with Gasteiger partial charge in [0, 0.05) is 17.5 Å². The van der Waals surface area contributed by atoms with Gasteiger partial charge in [-0.25, -0.2) is 4.57 Å². The lowest BCUT2D eigenvalue weighted by molar-refractivity contribution is -0.671. The average molecular weight is 189 g/mol. The highest BCUT2D eigenvalue weighted by Crippen LogP contribution is 2.21. The van der Waals surface area contributed by atoms with Gasteiger partial charge in [-0.3, -0.25) is 0 Å². The molecular weight excluding hydrogens is 176 g/mol. The summed E-state index contributed by atoms with van der Waals surface area (Å²) < 4.78 is 7.03. The van der Waals surface area contributed by atoms with Crippen molar-refractivity contribution in [1.82, 2.24) is 0 Å². The van der Waals surface area contributed by atoms with Crippen LogP contribution in [0.3, 0.4) is 0 Å². The standard InChI is InChI=1S/C11H13N2O/c1-13-5-2-3-10(8-13)9-4-6-14-11(12)7-9/h2-9H,12H2,1H3/q+1. The maximum Gasteiger partial charge on any atom is 0.186 e. The van der Waals surface area contributed by atoms with Crippen molar-refractivity contribution in [2.75, 3.05) is 0 Å². The van der Waals surface area contributed by atoms with Crippen LogP contribution in [0.5, 0.6) is 0 Å². The summed E-state index contributed by atoms with van der Waals surface area (Å²) in [5.41, 5.74) is 6.79. The monoisotopic (exact) mass is 189 g/mol. The molecule has 0 amide bonds. The number of aromatic nitrogens is 1. The molecule has 0 saturated carbocycles. The van der Waals surface area contributed by atoms with Crippen molar-refractivity contribution in [1.29, 1.82) is 0 Å². The number of ether oxygens (including phenoxy) is 1. The number of hydrogen-bond acceptors (Lipinski definition) is 2. The topological polar surface area (TPSA) is 39.1 Å². The Morgan fingerprint density at radius 2 is 2.36 bits per heavy atom. The minimum atomic E-state index is 0.219. The maximum absolute atomic E-state index is 5.58. The highest BCUT2D eigenvalue weighted by atomic mass is 16.5. The van der Waals surface area contributed by atoms with Crippen LogP contribution in [0.4, 0.5) is 0 Å². The molecule has 0 fully saturated rings.